The Hall–Kier alpha value is -1.66. The minimum atomic E-state index is -3.38. The van der Waals surface area contributed by atoms with Crippen LogP contribution in [0.4, 0.5) is 0 Å². The maximum absolute atomic E-state index is 12.8. The third-order valence-electron chi connectivity index (χ3n) is 5.50. The number of benzene rings is 1. The Morgan fingerprint density at radius 1 is 1.09 bits per heavy atom. The van der Waals surface area contributed by atoms with Gasteiger partial charge in [0.05, 0.1) is 10.6 Å². The minimum absolute atomic E-state index is 0. The highest BCUT2D eigenvalue weighted by Crippen LogP contribution is 2.20. The van der Waals surface area contributed by atoms with Gasteiger partial charge in [0.2, 0.25) is 10.0 Å². The topological polar surface area (TPSA) is 91.6 Å². The second-order valence-electron chi connectivity index (χ2n) is 7.97. The first-order valence-corrected chi connectivity index (χ1v) is 12.4. The molecular weight excluding hydrogens is 539 g/mol. The Kier molecular flexibility index (Phi) is 10.4. The highest BCUT2D eigenvalue weighted by atomic mass is 127. The molecule has 1 saturated heterocycles. The summed E-state index contributed by atoms with van der Waals surface area (Å²) in [5, 5.41) is 11.1. The largest absolute Gasteiger partial charge is 0.356 e. The zero-order valence-corrected chi connectivity index (χ0v) is 22.3. The quantitative estimate of drug-likeness (QED) is 0.219. The summed E-state index contributed by atoms with van der Waals surface area (Å²) in [6.07, 6.45) is 3.92. The molecule has 0 bridgehead atoms. The Bertz CT molecular complexity index is 982. The van der Waals surface area contributed by atoms with E-state index in [0.29, 0.717) is 24.5 Å². The molecule has 3 rings (SSSR count). The molecule has 0 unspecified atom stereocenters. The first-order chi connectivity index (χ1) is 14.9. The molecule has 1 aliphatic rings. The van der Waals surface area contributed by atoms with Crippen molar-refractivity contribution in [1.29, 1.82) is 0 Å². The van der Waals surface area contributed by atoms with Gasteiger partial charge >= 0.3 is 0 Å². The summed E-state index contributed by atoms with van der Waals surface area (Å²) in [6.45, 7) is 7.52. The zero-order valence-electron chi connectivity index (χ0n) is 19.2. The standard InChI is InChI=1S/C22H34N6O2S.HI/c1-18-16-19(2)28(26-18)15-7-12-24-22(23-3)25-17-20-8-10-21(11-9-20)31(29,30)27-13-5-4-6-14-27;/h8-11,16H,4-7,12-15,17H2,1-3H3,(H2,23,24,25);1H. The average molecular weight is 575 g/mol. The molecule has 0 saturated carbocycles. The van der Waals surface area contributed by atoms with Crippen molar-refractivity contribution in [2.24, 2.45) is 4.99 Å². The molecule has 2 heterocycles. The van der Waals surface area contributed by atoms with Crippen molar-refractivity contribution in [2.75, 3.05) is 26.7 Å². The fourth-order valence-corrected chi connectivity index (χ4v) is 5.29. The van der Waals surface area contributed by atoms with Gasteiger partial charge in [-0.25, -0.2) is 8.42 Å². The van der Waals surface area contributed by atoms with Gasteiger partial charge in [-0.05, 0) is 56.9 Å². The number of aliphatic imine (C=N–C) groups is 1. The van der Waals surface area contributed by atoms with Crippen LogP contribution in [-0.2, 0) is 23.1 Å². The molecule has 2 aromatic rings. The second kappa shape index (κ2) is 12.5. The lowest BCUT2D eigenvalue weighted by Crippen LogP contribution is -2.37. The summed E-state index contributed by atoms with van der Waals surface area (Å²) in [5.74, 6) is 0.721. The summed E-state index contributed by atoms with van der Waals surface area (Å²) >= 11 is 0. The van der Waals surface area contributed by atoms with Gasteiger partial charge in [-0.1, -0.05) is 18.6 Å². The first-order valence-electron chi connectivity index (χ1n) is 10.9. The molecule has 8 nitrogen and oxygen atoms in total. The Labute approximate surface area is 208 Å². The molecule has 0 atom stereocenters. The van der Waals surface area contributed by atoms with Crippen molar-refractivity contribution in [3.8, 4) is 0 Å². The average Bonchev–Trinajstić information content (AvgIpc) is 3.11. The molecule has 0 aliphatic carbocycles. The highest BCUT2D eigenvalue weighted by molar-refractivity contribution is 14.0. The van der Waals surface area contributed by atoms with E-state index in [1.54, 1.807) is 23.5 Å². The van der Waals surface area contributed by atoms with E-state index in [9.17, 15) is 8.42 Å². The van der Waals surface area contributed by atoms with E-state index in [1.165, 1.54) is 5.69 Å². The number of nitrogens with one attached hydrogen (secondary N) is 2. The fraction of sp³-hybridized carbons (Fsp3) is 0.545. The number of nitrogens with zero attached hydrogens (tertiary/aromatic N) is 4. The maximum Gasteiger partial charge on any atom is 0.243 e. The highest BCUT2D eigenvalue weighted by Gasteiger charge is 2.25. The predicted molar refractivity (Wildman–Crippen MR) is 139 cm³/mol. The monoisotopic (exact) mass is 574 g/mol. The maximum atomic E-state index is 12.8. The molecule has 1 aromatic heterocycles. The summed E-state index contributed by atoms with van der Waals surface area (Å²) in [5.41, 5.74) is 3.21. The van der Waals surface area contributed by atoms with Crippen LogP contribution in [0.25, 0.3) is 0 Å². The summed E-state index contributed by atoms with van der Waals surface area (Å²) in [7, 11) is -1.64. The number of hydrogen-bond donors (Lipinski definition) is 2. The number of rotatable bonds is 8. The van der Waals surface area contributed by atoms with E-state index in [-0.39, 0.29) is 24.0 Å². The van der Waals surface area contributed by atoms with Gasteiger partial charge in [-0.15, -0.1) is 24.0 Å². The Morgan fingerprint density at radius 2 is 1.78 bits per heavy atom. The number of aromatic nitrogens is 2. The summed E-state index contributed by atoms with van der Waals surface area (Å²) in [6, 6.07) is 9.20. The molecule has 10 heteroatoms. The third kappa shape index (κ3) is 7.17. The van der Waals surface area contributed by atoms with E-state index in [2.05, 4.69) is 33.7 Å². The normalized spacial score (nSPS) is 15.3. The van der Waals surface area contributed by atoms with Crippen molar-refractivity contribution >= 4 is 40.0 Å². The van der Waals surface area contributed by atoms with Gasteiger partial charge < -0.3 is 10.6 Å². The lowest BCUT2D eigenvalue weighted by molar-refractivity contribution is 0.346. The van der Waals surface area contributed by atoms with Crippen LogP contribution in [0.15, 0.2) is 40.2 Å². The molecule has 32 heavy (non-hydrogen) atoms. The van der Waals surface area contributed by atoms with Crippen LogP contribution >= 0.6 is 24.0 Å². The van der Waals surface area contributed by atoms with Gasteiger partial charge in [0.15, 0.2) is 5.96 Å². The van der Waals surface area contributed by atoms with E-state index >= 15 is 0 Å². The van der Waals surface area contributed by atoms with Crippen molar-refractivity contribution in [1.82, 2.24) is 24.7 Å². The van der Waals surface area contributed by atoms with Crippen LogP contribution in [0.2, 0.25) is 0 Å². The van der Waals surface area contributed by atoms with E-state index < -0.39 is 10.0 Å². The van der Waals surface area contributed by atoms with Crippen molar-refractivity contribution in [3.63, 3.8) is 0 Å². The van der Waals surface area contributed by atoms with Crippen LogP contribution < -0.4 is 10.6 Å². The van der Waals surface area contributed by atoms with Crippen molar-refractivity contribution < 1.29 is 8.42 Å². The molecule has 0 spiro atoms. The number of halogens is 1. The van der Waals surface area contributed by atoms with Gasteiger partial charge in [-0.3, -0.25) is 9.67 Å². The molecule has 0 amide bonds. The third-order valence-corrected chi connectivity index (χ3v) is 7.42. The second-order valence-corrected chi connectivity index (χ2v) is 9.90. The smallest absolute Gasteiger partial charge is 0.243 e. The Morgan fingerprint density at radius 3 is 2.38 bits per heavy atom. The van der Waals surface area contributed by atoms with Crippen LogP contribution in [0.1, 0.15) is 42.6 Å². The lowest BCUT2D eigenvalue weighted by Gasteiger charge is -2.25. The molecule has 2 N–H and O–H groups in total. The van der Waals surface area contributed by atoms with Gasteiger partial charge in [-0.2, -0.15) is 9.40 Å². The van der Waals surface area contributed by atoms with E-state index in [4.69, 9.17) is 0 Å². The van der Waals surface area contributed by atoms with Crippen LogP contribution in [-0.4, -0.2) is 55.1 Å². The van der Waals surface area contributed by atoms with E-state index in [1.807, 2.05) is 23.7 Å². The molecule has 1 aliphatic heterocycles. The van der Waals surface area contributed by atoms with Crippen LogP contribution in [0.5, 0.6) is 0 Å². The minimum Gasteiger partial charge on any atom is -0.356 e. The Balaban J connectivity index is 0.00000363. The zero-order chi connectivity index (χ0) is 22.3. The lowest BCUT2D eigenvalue weighted by atomic mass is 10.2. The molecule has 0 radical (unpaired) electrons. The number of piperidine rings is 1. The van der Waals surface area contributed by atoms with Crippen molar-refractivity contribution in [3.05, 3.63) is 47.3 Å². The number of hydrogen-bond acceptors (Lipinski definition) is 4. The SMILES string of the molecule is CN=C(NCCCn1nc(C)cc1C)NCc1ccc(S(=O)(=O)N2CCCCC2)cc1.I. The van der Waals surface area contributed by atoms with Crippen molar-refractivity contribution in [2.45, 2.75) is 57.5 Å². The molecule has 178 valence electrons. The van der Waals surface area contributed by atoms with Gasteiger partial charge in [0, 0.05) is 45.5 Å². The summed E-state index contributed by atoms with van der Waals surface area (Å²) < 4.78 is 29.1. The number of guanidine groups is 1. The number of aryl methyl sites for hydroxylation is 3. The first kappa shape index (κ1) is 26.6. The van der Waals surface area contributed by atoms with Gasteiger partial charge in [0.25, 0.3) is 0 Å². The van der Waals surface area contributed by atoms with E-state index in [0.717, 1.165) is 56.0 Å². The molecule has 1 aromatic carbocycles. The summed E-state index contributed by atoms with van der Waals surface area (Å²) in [4.78, 5) is 4.62. The van der Waals surface area contributed by atoms with Crippen LogP contribution in [0, 0.1) is 13.8 Å². The fourth-order valence-electron chi connectivity index (χ4n) is 3.78. The van der Waals surface area contributed by atoms with Gasteiger partial charge in [0.1, 0.15) is 0 Å². The molecule has 1 fully saturated rings. The number of sulfonamides is 1. The van der Waals surface area contributed by atoms with Crippen LogP contribution in [0.3, 0.4) is 0 Å². The molecular formula is C22H35IN6O2S. The predicted octanol–water partition coefficient (Wildman–Crippen LogP) is 3.05.